The molecule has 0 aliphatic rings. The zero-order valence-electron chi connectivity index (χ0n) is 19.5. The summed E-state index contributed by atoms with van der Waals surface area (Å²) in [5.41, 5.74) is 1.52. The Labute approximate surface area is 197 Å². The first-order chi connectivity index (χ1) is 16.6. The molecule has 3 aromatic carbocycles. The van der Waals surface area contributed by atoms with Crippen LogP contribution >= 0.6 is 0 Å². The van der Waals surface area contributed by atoms with Gasteiger partial charge < -0.3 is 18.6 Å². The van der Waals surface area contributed by atoms with Crippen LogP contribution in [0.4, 0.5) is 6.01 Å². The van der Waals surface area contributed by atoms with Gasteiger partial charge in [0.1, 0.15) is 0 Å². The number of anilines is 1. The van der Waals surface area contributed by atoms with Gasteiger partial charge in [-0.2, -0.15) is 0 Å². The lowest BCUT2D eigenvalue weighted by Gasteiger charge is -2.16. The SMILES string of the molecule is CCOc1cc(-c2nnc(NC(=O)Cc3cccc4ccccc34)o2)cc(OCC)c1OCC. The van der Waals surface area contributed by atoms with E-state index in [0.717, 1.165) is 16.3 Å². The van der Waals surface area contributed by atoms with Crippen molar-refractivity contribution in [2.75, 3.05) is 25.1 Å². The summed E-state index contributed by atoms with van der Waals surface area (Å²) in [6, 6.07) is 17.4. The highest BCUT2D eigenvalue weighted by atomic mass is 16.5. The molecule has 0 aliphatic carbocycles. The van der Waals surface area contributed by atoms with Gasteiger partial charge in [-0.05, 0) is 49.2 Å². The molecule has 0 bridgehead atoms. The number of nitrogens with zero attached hydrogens (tertiary/aromatic N) is 2. The zero-order chi connectivity index (χ0) is 23.9. The highest BCUT2D eigenvalue weighted by Crippen LogP contribution is 2.41. The van der Waals surface area contributed by atoms with Crippen LogP contribution in [-0.2, 0) is 11.2 Å². The predicted molar refractivity (Wildman–Crippen MR) is 130 cm³/mol. The van der Waals surface area contributed by atoms with E-state index in [-0.39, 0.29) is 24.2 Å². The second-order valence-corrected chi connectivity index (χ2v) is 7.38. The lowest BCUT2D eigenvalue weighted by molar-refractivity contribution is -0.115. The summed E-state index contributed by atoms with van der Waals surface area (Å²) in [4.78, 5) is 12.7. The lowest BCUT2D eigenvalue weighted by atomic mass is 10.0. The smallest absolute Gasteiger partial charge is 0.322 e. The Morgan fingerprint density at radius 2 is 1.56 bits per heavy atom. The summed E-state index contributed by atoms with van der Waals surface area (Å²) in [5, 5.41) is 12.9. The number of fused-ring (bicyclic) bond motifs is 1. The maximum absolute atomic E-state index is 12.7. The molecule has 1 heterocycles. The molecule has 34 heavy (non-hydrogen) atoms. The van der Waals surface area contributed by atoms with Crippen molar-refractivity contribution >= 4 is 22.7 Å². The van der Waals surface area contributed by atoms with Crippen molar-refractivity contribution in [3.8, 4) is 28.7 Å². The van der Waals surface area contributed by atoms with E-state index in [1.165, 1.54) is 0 Å². The van der Waals surface area contributed by atoms with Crippen molar-refractivity contribution in [1.82, 2.24) is 10.2 Å². The van der Waals surface area contributed by atoms with Crippen LogP contribution in [0, 0.1) is 0 Å². The first-order valence-corrected chi connectivity index (χ1v) is 11.3. The van der Waals surface area contributed by atoms with Crippen LogP contribution in [0.1, 0.15) is 26.3 Å². The van der Waals surface area contributed by atoms with Gasteiger partial charge in [0.05, 0.1) is 26.2 Å². The fourth-order valence-corrected chi connectivity index (χ4v) is 3.69. The Morgan fingerprint density at radius 1 is 0.882 bits per heavy atom. The first kappa shape index (κ1) is 23.1. The normalized spacial score (nSPS) is 10.8. The molecule has 4 rings (SSSR count). The van der Waals surface area contributed by atoms with Crippen molar-refractivity contribution in [2.24, 2.45) is 0 Å². The molecule has 8 heteroatoms. The van der Waals surface area contributed by atoms with E-state index in [4.69, 9.17) is 18.6 Å². The number of hydrogen-bond acceptors (Lipinski definition) is 7. The average Bonchev–Trinajstić information content (AvgIpc) is 3.30. The predicted octanol–water partition coefficient (Wildman–Crippen LogP) is 5.27. The largest absolute Gasteiger partial charge is 0.490 e. The van der Waals surface area contributed by atoms with Crippen LogP contribution in [-0.4, -0.2) is 35.9 Å². The van der Waals surface area contributed by atoms with Crippen LogP contribution in [0.3, 0.4) is 0 Å². The molecule has 176 valence electrons. The number of carbonyl (C=O) groups is 1. The highest BCUT2D eigenvalue weighted by molar-refractivity contribution is 5.95. The van der Waals surface area contributed by atoms with E-state index in [2.05, 4.69) is 15.5 Å². The molecule has 0 spiro atoms. The maximum atomic E-state index is 12.7. The fraction of sp³-hybridized carbons (Fsp3) is 0.269. The van der Waals surface area contributed by atoms with Gasteiger partial charge in [-0.15, -0.1) is 5.10 Å². The Bertz CT molecular complexity index is 1250. The zero-order valence-corrected chi connectivity index (χ0v) is 19.5. The fourth-order valence-electron chi connectivity index (χ4n) is 3.69. The molecule has 0 fully saturated rings. The van der Waals surface area contributed by atoms with Gasteiger partial charge in [-0.1, -0.05) is 47.6 Å². The summed E-state index contributed by atoms with van der Waals surface area (Å²) in [5.74, 6) is 1.54. The second kappa shape index (κ2) is 10.7. The molecule has 0 atom stereocenters. The maximum Gasteiger partial charge on any atom is 0.322 e. The van der Waals surface area contributed by atoms with Gasteiger partial charge in [0.15, 0.2) is 11.5 Å². The number of nitrogens with one attached hydrogen (secondary N) is 1. The van der Waals surface area contributed by atoms with E-state index in [0.29, 0.717) is 42.6 Å². The van der Waals surface area contributed by atoms with Gasteiger partial charge in [0.2, 0.25) is 17.5 Å². The average molecular weight is 462 g/mol. The van der Waals surface area contributed by atoms with Gasteiger partial charge in [-0.3, -0.25) is 10.1 Å². The number of hydrogen-bond donors (Lipinski definition) is 1. The number of aromatic nitrogens is 2. The molecule has 1 N–H and O–H groups in total. The van der Waals surface area contributed by atoms with Crippen molar-refractivity contribution in [1.29, 1.82) is 0 Å². The molecular weight excluding hydrogens is 434 g/mol. The van der Waals surface area contributed by atoms with Crippen molar-refractivity contribution in [3.05, 3.63) is 60.2 Å². The van der Waals surface area contributed by atoms with Crippen molar-refractivity contribution in [2.45, 2.75) is 27.2 Å². The molecule has 0 saturated heterocycles. The third-order valence-electron chi connectivity index (χ3n) is 5.06. The standard InChI is InChI=1S/C26H27N3O5/c1-4-31-21-14-19(15-22(32-5-2)24(21)33-6-3)25-28-29-26(34-25)27-23(30)16-18-12-9-11-17-10-7-8-13-20(17)18/h7-15H,4-6,16H2,1-3H3,(H,27,29,30). The van der Waals surface area contributed by atoms with Crippen LogP contribution in [0.2, 0.25) is 0 Å². The number of ether oxygens (including phenoxy) is 3. The van der Waals surface area contributed by atoms with Gasteiger partial charge in [-0.25, -0.2) is 0 Å². The second-order valence-electron chi connectivity index (χ2n) is 7.38. The van der Waals surface area contributed by atoms with Gasteiger partial charge in [0.25, 0.3) is 0 Å². The molecule has 0 saturated carbocycles. The third-order valence-corrected chi connectivity index (χ3v) is 5.06. The summed E-state index contributed by atoms with van der Waals surface area (Å²) >= 11 is 0. The Balaban J connectivity index is 1.55. The monoisotopic (exact) mass is 461 g/mol. The van der Waals surface area contributed by atoms with E-state index in [1.54, 1.807) is 12.1 Å². The molecule has 1 amide bonds. The molecular formula is C26H27N3O5. The van der Waals surface area contributed by atoms with Crippen molar-refractivity contribution in [3.63, 3.8) is 0 Å². The number of amides is 1. The quantitative estimate of drug-likeness (QED) is 0.344. The Morgan fingerprint density at radius 3 is 2.26 bits per heavy atom. The summed E-state index contributed by atoms with van der Waals surface area (Å²) in [6.07, 6.45) is 0.186. The highest BCUT2D eigenvalue weighted by Gasteiger charge is 2.19. The Kier molecular flexibility index (Phi) is 7.27. The summed E-state index contributed by atoms with van der Waals surface area (Å²) < 4.78 is 23.0. The van der Waals surface area contributed by atoms with E-state index < -0.39 is 0 Å². The first-order valence-electron chi connectivity index (χ1n) is 11.3. The third kappa shape index (κ3) is 5.11. The molecule has 8 nitrogen and oxygen atoms in total. The minimum Gasteiger partial charge on any atom is -0.490 e. The number of rotatable bonds is 10. The number of benzene rings is 3. The van der Waals surface area contributed by atoms with E-state index >= 15 is 0 Å². The van der Waals surface area contributed by atoms with E-state index in [1.807, 2.05) is 63.2 Å². The molecule has 4 aromatic rings. The molecule has 1 aromatic heterocycles. The van der Waals surface area contributed by atoms with Gasteiger partial charge in [0, 0.05) is 5.56 Å². The summed E-state index contributed by atoms with van der Waals surface area (Å²) in [6.45, 7) is 7.04. The van der Waals surface area contributed by atoms with Gasteiger partial charge >= 0.3 is 6.01 Å². The lowest BCUT2D eigenvalue weighted by Crippen LogP contribution is -2.14. The molecule has 0 unspecified atom stereocenters. The van der Waals surface area contributed by atoms with E-state index in [9.17, 15) is 4.79 Å². The van der Waals surface area contributed by atoms with Crippen LogP contribution in [0.5, 0.6) is 17.2 Å². The summed E-state index contributed by atoms with van der Waals surface area (Å²) in [7, 11) is 0. The minimum absolute atomic E-state index is 0.0186. The van der Waals surface area contributed by atoms with Crippen molar-refractivity contribution < 1.29 is 23.4 Å². The number of carbonyl (C=O) groups excluding carboxylic acids is 1. The topological polar surface area (TPSA) is 95.7 Å². The molecule has 0 aliphatic heterocycles. The Hall–Kier alpha value is -4.07. The van der Waals surface area contributed by atoms with Crippen LogP contribution in [0.25, 0.3) is 22.2 Å². The van der Waals surface area contributed by atoms with Crippen LogP contribution in [0.15, 0.2) is 59.0 Å². The van der Waals surface area contributed by atoms with Crippen LogP contribution < -0.4 is 19.5 Å². The minimum atomic E-state index is -0.247. The molecule has 0 radical (unpaired) electrons.